The number of hydrogen-bond acceptors (Lipinski definition) is 3. The number of aliphatic imine (C=N–C) groups is 1. The van der Waals surface area contributed by atoms with Gasteiger partial charge in [0.25, 0.3) is 0 Å². The predicted molar refractivity (Wildman–Crippen MR) is 119 cm³/mol. The van der Waals surface area contributed by atoms with Crippen molar-refractivity contribution in [3.63, 3.8) is 0 Å². The SMILES string of the molecule is CN=C(NCCCCCOC1CCCCC1)NCc1ccc(C)s1.I. The number of nitrogens with zero attached hydrogens (tertiary/aromatic N) is 1. The van der Waals surface area contributed by atoms with Gasteiger partial charge in [-0.05, 0) is 51.2 Å². The van der Waals surface area contributed by atoms with Crippen LogP contribution in [0, 0.1) is 6.92 Å². The third kappa shape index (κ3) is 9.80. The number of rotatable bonds is 9. The van der Waals surface area contributed by atoms with Crippen molar-refractivity contribution in [3.05, 3.63) is 21.9 Å². The van der Waals surface area contributed by atoms with E-state index in [9.17, 15) is 0 Å². The molecule has 0 saturated heterocycles. The molecule has 0 bridgehead atoms. The molecule has 0 amide bonds. The lowest BCUT2D eigenvalue weighted by molar-refractivity contribution is 0.0264. The predicted octanol–water partition coefficient (Wildman–Crippen LogP) is 4.86. The average Bonchev–Trinajstić information content (AvgIpc) is 3.03. The Morgan fingerprint density at radius 3 is 2.64 bits per heavy atom. The fourth-order valence-corrected chi connectivity index (χ4v) is 3.89. The maximum atomic E-state index is 5.97. The smallest absolute Gasteiger partial charge is 0.191 e. The van der Waals surface area contributed by atoms with Crippen LogP contribution in [0.25, 0.3) is 0 Å². The number of guanidine groups is 1. The van der Waals surface area contributed by atoms with E-state index in [0.29, 0.717) is 6.10 Å². The van der Waals surface area contributed by atoms with Crippen LogP contribution in [0.1, 0.15) is 61.1 Å². The molecule has 1 aliphatic rings. The van der Waals surface area contributed by atoms with E-state index >= 15 is 0 Å². The molecule has 0 spiro atoms. The molecular formula is C19H34IN3OS. The average molecular weight is 479 g/mol. The normalized spacial score (nSPS) is 15.7. The minimum absolute atomic E-state index is 0. The van der Waals surface area contributed by atoms with Gasteiger partial charge in [-0.3, -0.25) is 4.99 Å². The number of ether oxygens (including phenoxy) is 1. The molecule has 6 heteroatoms. The Bertz CT molecular complexity index is 487. The van der Waals surface area contributed by atoms with Crippen molar-refractivity contribution in [3.8, 4) is 0 Å². The monoisotopic (exact) mass is 479 g/mol. The largest absolute Gasteiger partial charge is 0.378 e. The summed E-state index contributed by atoms with van der Waals surface area (Å²) in [5.41, 5.74) is 0. The number of halogens is 1. The Labute approximate surface area is 174 Å². The van der Waals surface area contributed by atoms with E-state index in [1.54, 1.807) is 0 Å². The second-order valence-electron chi connectivity index (χ2n) is 6.56. The molecule has 25 heavy (non-hydrogen) atoms. The van der Waals surface area contributed by atoms with Crippen molar-refractivity contribution >= 4 is 41.3 Å². The molecule has 0 unspecified atom stereocenters. The zero-order chi connectivity index (χ0) is 17.0. The molecular weight excluding hydrogens is 445 g/mol. The number of nitrogens with one attached hydrogen (secondary N) is 2. The van der Waals surface area contributed by atoms with Gasteiger partial charge in [0, 0.05) is 30.0 Å². The standard InChI is InChI=1S/C19H33N3OS.HI/c1-16-11-12-18(24-16)15-22-19(20-2)21-13-7-4-8-14-23-17-9-5-3-6-10-17;/h11-12,17H,3-10,13-15H2,1-2H3,(H2,20,21,22);1H. The van der Waals surface area contributed by atoms with Gasteiger partial charge in [0.2, 0.25) is 0 Å². The molecule has 0 atom stereocenters. The Morgan fingerprint density at radius 2 is 1.96 bits per heavy atom. The van der Waals surface area contributed by atoms with Crippen molar-refractivity contribution in [2.45, 2.75) is 70.9 Å². The van der Waals surface area contributed by atoms with Gasteiger partial charge in [0.05, 0.1) is 12.6 Å². The van der Waals surface area contributed by atoms with Crippen LogP contribution < -0.4 is 10.6 Å². The highest BCUT2D eigenvalue weighted by atomic mass is 127. The summed E-state index contributed by atoms with van der Waals surface area (Å²) in [6.07, 6.45) is 10.7. The molecule has 2 N–H and O–H groups in total. The third-order valence-electron chi connectivity index (χ3n) is 4.47. The van der Waals surface area contributed by atoms with Crippen LogP contribution in [0.5, 0.6) is 0 Å². The Balaban J connectivity index is 0.00000312. The molecule has 0 radical (unpaired) electrons. The van der Waals surface area contributed by atoms with Crippen LogP contribution in [0.3, 0.4) is 0 Å². The second kappa shape index (κ2) is 13.8. The van der Waals surface area contributed by atoms with Crippen molar-refractivity contribution < 1.29 is 4.74 Å². The lowest BCUT2D eigenvalue weighted by atomic mass is 9.98. The lowest BCUT2D eigenvalue weighted by Gasteiger charge is -2.21. The van der Waals surface area contributed by atoms with E-state index in [0.717, 1.165) is 32.1 Å². The fourth-order valence-electron chi connectivity index (χ4n) is 3.06. The molecule has 1 saturated carbocycles. The van der Waals surface area contributed by atoms with Crippen LogP contribution in [-0.2, 0) is 11.3 Å². The number of unbranched alkanes of at least 4 members (excludes halogenated alkanes) is 2. The highest BCUT2D eigenvalue weighted by Gasteiger charge is 2.12. The van der Waals surface area contributed by atoms with Crippen molar-refractivity contribution in [1.82, 2.24) is 10.6 Å². The first-order valence-corrected chi connectivity index (χ1v) is 10.2. The highest BCUT2D eigenvalue weighted by molar-refractivity contribution is 14.0. The molecule has 1 fully saturated rings. The van der Waals surface area contributed by atoms with Gasteiger partial charge < -0.3 is 15.4 Å². The van der Waals surface area contributed by atoms with E-state index in [1.807, 2.05) is 18.4 Å². The van der Waals surface area contributed by atoms with E-state index in [1.165, 1.54) is 54.7 Å². The van der Waals surface area contributed by atoms with Crippen LogP contribution >= 0.6 is 35.3 Å². The highest BCUT2D eigenvalue weighted by Crippen LogP contribution is 2.20. The molecule has 1 aliphatic carbocycles. The number of thiophene rings is 1. The first-order valence-electron chi connectivity index (χ1n) is 9.39. The summed E-state index contributed by atoms with van der Waals surface area (Å²) < 4.78 is 5.97. The minimum Gasteiger partial charge on any atom is -0.378 e. The maximum Gasteiger partial charge on any atom is 0.191 e. The fraction of sp³-hybridized carbons (Fsp3) is 0.737. The van der Waals surface area contributed by atoms with Crippen LogP contribution in [0.4, 0.5) is 0 Å². The van der Waals surface area contributed by atoms with Gasteiger partial charge in [-0.15, -0.1) is 35.3 Å². The molecule has 1 heterocycles. The van der Waals surface area contributed by atoms with E-state index in [4.69, 9.17) is 4.74 Å². The Kier molecular flexibility index (Phi) is 12.5. The first kappa shape index (κ1) is 22.7. The molecule has 1 aromatic rings. The van der Waals surface area contributed by atoms with Gasteiger partial charge in [0.1, 0.15) is 0 Å². The summed E-state index contributed by atoms with van der Waals surface area (Å²) in [7, 11) is 1.83. The van der Waals surface area contributed by atoms with Crippen molar-refractivity contribution in [1.29, 1.82) is 0 Å². The molecule has 0 aromatic carbocycles. The van der Waals surface area contributed by atoms with Crippen molar-refractivity contribution in [2.75, 3.05) is 20.2 Å². The summed E-state index contributed by atoms with van der Waals surface area (Å²) in [6, 6.07) is 4.33. The zero-order valence-electron chi connectivity index (χ0n) is 15.7. The Hall–Kier alpha value is -0.340. The van der Waals surface area contributed by atoms with Gasteiger partial charge in [0.15, 0.2) is 5.96 Å². The molecule has 4 nitrogen and oxygen atoms in total. The summed E-state index contributed by atoms with van der Waals surface area (Å²) in [6.45, 7) is 4.87. The zero-order valence-corrected chi connectivity index (χ0v) is 18.8. The number of hydrogen-bond donors (Lipinski definition) is 2. The number of aryl methyl sites for hydroxylation is 1. The van der Waals surface area contributed by atoms with Crippen LogP contribution in [-0.4, -0.2) is 32.3 Å². The van der Waals surface area contributed by atoms with E-state index < -0.39 is 0 Å². The molecule has 1 aromatic heterocycles. The summed E-state index contributed by atoms with van der Waals surface area (Å²) in [5.74, 6) is 0.888. The van der Waals surface area contributed by atoms with Crippen LogP contribution in [0.15, 0.2) is 17.1 Å². The quantitative estimate of drug-likeness (QED) is 0.230. The topological polar surface area (TPSA) is 45.7 Å². The van der Waals surface area contributed by atoms with Gasteiger partial charge in [-0.2, -0.15) is 0 Å². The summed E-state index contributed by atoms with van der Waals surface area (Å²) >= 11 is 1.83. The van der Waals surface area contributed by atoms with Gasteiger partial charge >= 0.3 is 0 Å². The summed E-state index contributed by atoms with van der Waals surface area (Å²) in [5, 5.41) is 6.76. The maximum absolute atomic E-state index is 5.97. The van der Waals surface area contributed by atoms with Crippen molar-refractivity contribution in [2.24, 2.45) is 4.99 Å². The minimum atomic E-state index is 0. The van der Waals surface area contributed by atoms with Gasteiger partial charge in [-0.25, -0.2) is 0 Å². The third-order valence-corrected chi connectivity index (χ3v) is 5.47. The molecule has 2 rings (SSSR count). The first-order chi connectivity index (χ1) is 11.8. The lowest BCUT2D eigenvalue weighted by Crippen LogP contribution is -2.37. The molecule has 0 aliphatic heterocycles. The van der Waals surface area contributed by atoms with E-state index in [-0.39, 0.29) is 24.0 Å². The second-order valence-corrected chi connectivity index (χ2v) is 7.93. The van der Waals surface area contributed by atoms with E-state index in [2.05, 4.69) is 34.7 Å². The van der Waals surface area contributed by atoms with Gasteiger partial charge in [-0.1, -0.05) is 19.3 Å². The summed E-state index contributed by atoms with van der Waals surface area (Å²) in [4.78, 5) is 6.97. The Morgan fingerprint density at radius 1 is 1.16 bits per heavy atom. The molecule has 144 valence electrons. The van der Waals surface area contributed by atoms with Crippen LogP contribution in [0.2, 0.25) is 0 Å².